The second kappa shape index (κ2) is 7.34. The number of hydrogen-bond donors (Lipinski definition) is 1. The monoisotopic (exact) mass is 279 g/mol. The van der Waals surface area contributed by atoms with E-state index in [1.807, 2.05) is 30.3 Å². The minimum absolute atomic E-state index is 0.456. The van der Waals surface area contributed by atoms with Crippen molar-refractivity contribution in [2.45, 2.75) is 26.7 Å². The summed E-state index contributed by atoms with van der Waals surface area (Å²) in [5, 5.41) is 3.98. The fourth-order valence-electron chi connectivity index (χ4n) is 1.74. The third-order valence-electron chi connectivity index (χ3n) is 2.75. The Morgan fingerprint density at radius 1 is 1.26 bits per heavy atom. The van der Waals surface area contributed by atoms with E-state index in [2.05, 4.69) is 12.2 Å². The fraction of sp³-hybridized carbons (Fsp3) is 0.333. The van der Waals surface area contributed by atoms with E-state index in [1.54, 1.807) is 6.26 Å². The minimum atomic E-state index is 0.456. The Balaban J connectivity index is 1.79. The second-order valence-electron chi connectivity index (χ2n) is 4.29. The van der Waals surface area contributed by atoms with Crippen LogP contribution in [0.4, 0.5) is 0 Å². The van der Waals surface area contributed by atoms with Crippen molar-refractivity contribution < 1.29 is 9.15 Å². The molecule has 4 heteroatoms. The van der Waals surface area contributed by atoms with E-state index in [0.29, 0.717) is 13.2 Å². The van der Waals surface area contributed by atoms with Gasteiger partial charge in [-0.15, -0.1) is 0 Å². The van der Waals surface area contributed by atoms with Gasteiger partial charge >= 0.3 is 0 Å². The highest BCUT2D eigenvalue weighted by atomic mass is 35.5. The van der Waals surface area contributed by atoms with Crippen molar-refractivity contribution >= 4 is 11.6 Å². The number of halogens is 1. The molecular weight excluding hydrogens is 262 g/mol. The summed E-state index contributed by atoms with van der Waals surface area (Å²) < 4.78 is 11.0. The SMILES string of the molecule is CCNCc1coc(COCc2ccccc2Cl)c1. The summed E-state index contributed by atoms with van der Waals surface area (Å²) in [7, 11) is 0. The highest BCUT2D eigenvalue weighted by Gasteiger charge is 2.03. The summed E-state index contributed by atoms with van der Waals surface area (Å²) >= 11 is 6.06. The molecule has 0 saturated carbocycles. The Morgan fingerprint density at radius 2 is 2.11 bits per heavy atom. The van der Waals surface area contributed by atoms with Crippen LogP contribution in [0.2, 0.25) is 5.02 Å². The molecule has 2 aromatic rings. The fourth-order valence-corrected chi connectivity index (χ4v) is 1.93. The topological polar surface area (TPSA) is 34.4 Å². The van der Waals surface area contributed by atoms with E-state index in [-0.39, 0.29) is 0 Å². The molecule has 1 aromatic carbocycles. The lowest BCUT2D eigenvalue weighted by atomic mass is 10.2. The average Bonchev–Trinajstić information content (AvgIpc) is 2.86. The standard InChI is InChI=1S/C15H18ClNO2/c1-2-17-8-12-7-14(19-9-12)11-18-10-13-5-3-4-6-15(13)16/h3-7,9,17H,2,8,10-11H2,1H3. The lowest BCUT2D eigenvalue weighted by Crippen LogP contribution is -2.10. The van der Waals surface area contributed by atoms with Crippen molar-refractivity contribution in [1.29, 1.82) is 0 Å². The van der Waals surface area contributed by atoms with Crippen LogP contribution >= 0.6 is 11.6 Å². The van der Waals surface area contributed by atoms with Crippen LogP contribution in [-0.4, -0.2) is 6.54 Å². The average molecular weight is 280 g/mol. The second-order valence-corrected chi connectivity index (χ2v) is 4.69. The van der Waals surface area contributed by atoms with Crippen molar-refractivity contribution in [2.24, 2.45) is 0 Å². The van der Waals surface area contributed by atoms with Crippen LogP contribution in [0.1, 0.15) is 23.8 Å². The molecule has 2 rings (SSSR count). The quantitative estimate of drug-likeness (QED) is 0.838. The zero-order chi connectivity index (χ0) is 13.5. The Morgan fingerprint density at radius 3 is 2.89 bits per heavy atom. The van der Waals surface area contributed by atoms with Crippen LogP contribution < -0.4 is 5.32 Å². The van der Waals surface area contributed by atoms with Crippen molar-refractivity contribution in [3.05, 3.63) is 58.5 Å². The van der Waals surface area contributed by atoms with Gasteiger partial charge in [0.25, 0.3) is 0 Å². The minimum Gasteiger partial charge on any atom is -0.467 e. The molecule has 0 spiro atoms. The largest absolute Gasteiger partial charge is 0.467 e. The first-order valence-electron chi connectivity index (χ1n) is 6.37. The molecule has 0 aliphatic heterocycles. The lowest BCUT2D eigenvalue weighted by molar-refractivity contribution is 0.0930. The molecule has 0 unspecified atom stereocenters. The molecule has 0 aliphatic carbocycles. The summed E-state index contributed by atoms with van der Waals surface area (Å²) in [6, 6.07) is 9.69. The molecule has 0 saturated heterocycles. The van der Waals surface area contributed by atoms with Gasteiger partial charge in [0.1, 0.15) is 12.4 Å². The molecule has 1 heterocycles. The number of ether oxygens (including phenoxy) is 1. The molecule has 0 fully saturated rings. The summed E-state index contributed by atoms with van der Waals surface area (Å²) in [5.41, 5.74) is 2.13. The number of furan rings is 1. The maximum atomic E-state index is 6.06. The predicted octanol–water partition coefficient (Wildman–Crippen LogP) is 3.76. The lowest BCUT2D eigenvalue weighted by Gasteiger charge is -2.04. The van der Waals surface area contributed by atoms with E-state index in [0.717, 1.165) is 35.0 Å². The van der Waals surface area contributed by atoms with Gasteiger partial charge < -0.3 is 14.5 Å². The highest BCUT2D eigenvalue weighted by molar-refractivity contribution is 6.31. The Hall–Kier alpha value is -1.29. The zero-order valence-corrected chi connectivity index (χ0v) is 11.7. The molecule has 1 aromatic heterocycles. The number of nitrogens with one attached hydrogen (secondary N) is 1. The maximum absolute atomic E-state index is 6.06. The van der Waals surface area contributed by atoms with Gasteiger partial charge in [0.15, 0.2) is 0 Å². The smallest absolute Gasteiger partial charge is 0.129 e. The molecule has 3 nitrogen and oxygen atoms in total. The van der Waals surface area contributed by atoms with Gasteiger partial charge in [0.2, 0.25) is 0 Å². The van der Waals surface area contributed by atoms with Gasteiger partial charge in [-0.1, -0.05) is 36.7 Å². The first-order valence-corrected chi connectivity index (χ1v) is 6.75. The summed E-state index contributed by atoms with van der Waals surface area (Å²) in [6.45, 7) is 4.79. The van der Waals surface area contributed by atoms with Crippen LogP contribution in [0.15, 0.2) is 41.0 Å². The molecule has 1 N–H and O–H groups in total. The zero-order valence-electron chi connectivity index (χ0n) is 11.0. The van der Waals surface area contributed by atoms with Gasteiger partial charge in [-0.2, -0.15) is 0 Å². The van der Waals surface area contributed by atoms with Crippen LogP contribution in [0.25, 0.3) is 0 Å². The summed E-state index contributed by atoms with van der Waals surface area (Å²) in [6.07, 6.45) is 1.76. The van der Waals surface area contributed by atoms with E-state index < -0.39 is 0 Å². The first kappa shape index (κ1) is 14.1. The maximum Gasteiger partial charge on any atom is 0.129 e. The van der Waals surface area contributed by atoms with Crippen LogP contribution in [0, 0.1) is 0 Å². The van der Waals surface area contributed by atoms with E-state index in [1.165, 1.54) is 0 Å². The van der Waals surface area contributed by atoms with E-state index in [4.69, 9.17) is 20.8 Å². The summed E-state index contributed by atoms with van der Waals surface area (Å²) in [5.74, 6) is 0.833. The molecule has 0 atom stereocenters. The van der Waals surface area contributed by atoms with E-state index in [9.17, 15) is 0 Å². The Labute approximate surface area is 118 Å². The molecule has 0 amide bonds. The highest BCUT2D eigenvalue weighted by Crippen LogP contribution is 2.17. The molecule has 19 heavy (non-hydrogen) atoms. The Bertz CT molecular complexity index is 510. The molecule has 102 valence electrons. The first-order chi connectivity index (χ1) is 9.29. The van der Waals surface area contributed by atoms with Gasteiger partial charge in [0, 0.05) is 17.1 Å². The third-order valence-corrected chi connectivity index (χ3v) is 3.12. The normalized spacial score (nSPS) is 10.8. The Kier molecular flexibility index (Phi) is 5.45. The van der Waals surface area contributed by atoms with Crippen LogP contribution in [0.3, 0.4) is 0 Å². The third kappa shape index (κ3) is 4.39. The van der Waals surface area contributed by atoms with Crippen molar-refractivity contribution in [1.82, 2.24) is 5.32 Å². The van der Waals surface area contributed by atoms with Crippen molar-refractivity contribution in [3.8, 4) is 0 Å². The van der Waals surface area contributed by atoms with Gasteiger partial charge in [-0.3, -0.25) is 0 Å². The van der Waals surface area contributed by atoms with E-state index >= 15 is 0 Å². The molecular formula is C15H18ClNO2. The van der Waals surface area contributed by atoms with Gasteiger partial charge in [0.05, 0.1) is 12.9 Å². The molecule has 0 radical (unpaired) electrons. The van der Waals surface area contributed by atoms with Crippen LogP contribution in [-0.2, 0) is 24.5 Å². The van der Waals surface area contributed by atoms with Gasteiger partial charge in [-0.05, 0) is 24.2 Å². The predicted molar refractivity (Wildman–Crippen MR) is 76.0 cm³/mol. The van der Waals surface area contributed by atoms with Crippen molar-refractivity contribution in [2.75, 3.05) is 6.54 Å². The van der Waals surface area contributed by atoms with Gasteiger partial charge in [-0.25, -0.2) is 0 Å². The molecule has 0 aliphatic rings. The number of hydrogen-bond acceptors (Lipinski definition) is 3. The van der Waals surface area contributed by atoms with Crippen molar-refractivity contribution in [3.63, 3.8) is 0 Å². The molecule has 0 bridgehead atoms. The summed E-state index contributed by atoms with van der Waals surface area (Å²) in [4.78, 5) is 0. The number of rotatable bonds is 7. The number of benzene rings is 1. The van der Waals surface area contributed by atoms with Crippen LogP contribution in [0.5, 0.6) is 0 Å².